The predicted molar refractivity (Wildman–Crippen MR) is 34.7 cm³/mol. The highest BCUT2D eigenvalue weighted by molar-refractivity contribution is 5.62. The summed E-state index contributed by atoms with van der Waals surface area (Å²) in [5, 5.41) is 0. The summed E-state index contributed by atoms with van der Waals surface area (Å²) in [7, 11) is 0. The zero-order valence-corrected chi connectivity index (χ0v) is 7.02. The lowest BCUT2D eigenvalue weighted by Crippen LogP contribution is -2.09. The molecule has 9 heteroatoms. The van der Waals surface area contributed by atoms with Gasteiger partial charge in [-0.15, -0.1) is 0 Å². The second-order valence-electron chi connectivity index (χ2n) is 2.28. The molecule has 2 saturated heterocycles. The molecule has 0 aromatic carbocycles. The molecule has 2 aliphatic rings. The lowest BCUT2D eigenvalue weighted by Gasteiger charge is -1.92. The first kappa shape index (κ1) is 11.4. The maximum absolute atomic E-state index is 11.6. The molecule has 0 N–H and O–H groups in total. The number of hydrogen-bond donors (Lipinski definition) is 0. The van der Waals surface area contributed by atoms with Crippen LogP contribution in [0.25, 0.3) is 0 Å². The third-order valence-corrected chi connectivity index (χ3v) is 1.18. The van der Waals surface area contributed by atoms with Crippen molar-refractivity contribution in [2.45, 2.75) is 19.1 Å². The van der Waals surface area contributed by atoms with Gasteiger partial charge in [-0.1, -0.05) is 0 Å². The smallest absolute Gasteiger partial charge is 0.427 e. The van der Waals surface area contributed by atoms with E-state index in [-0.39, 0.29) is 6.61 Å². The van der Waals surface area contributed by atoms with Crippen LogP contribution in [-0.4, -0.2) is 38.0 Å². The molecule has 0 amide bonds. The molecular formula is C6H5F3O6. The Bertz CT molecular complexity index is 247. The van der Waals surface area contributed by atoms with E-state index < -0.39 is 31.4 Å². The highest BCUT2D eigenvalue weighted by atomic mass is 19.2. The summed E-state index contributed by atoms with van der Waals surface area (Å²) >= 11 is 0. The van der Waals surface area contributed by atoms with Gasteiger partial charge in [0.1, 0.15) is 0 Å². The Hall–Kier alpha value is -1.67. The summed E-state index contributed by atoms with van der Waals surface area (Å²) in [6, 6.07) is 0. The van der Waals surface area contributed by atoms with Crippen LogP contribution in [-0.2, 0) is 18.9 Å². The first-order chi connectivity index (χ1) is 6.99. The summed E-state index contributed by atoms with van der Waals surface area (Å²) in [6.45, 7) is -0.265. The van der Waals surface area contributed by atoms with E-state index in [0.717, 1.165) is 0 Å². The molecule has 0 saturated carbocycles. The Balaban J connectivity index is 0.000000151. The van der Waals surface area contributed by atoms with Gasteiger partial charge in [-0.05, 0) is 0 Å². The van der Waals surface area contributed by atoms with E-state index in [1.54, 1.807) is 0 Å². The van der Waals surface area contributed by atoms with E-state index in [1.165, 1.54) is 0 Å². The van der Waals surface area contributed by atoms with Crippen LogP contribution < -0.4 is 0 Å². The Kier molecular flexibility index (Phi) is 3.58. The molecule has 0 aliphatic carbocycles. The fourth-order valence-corrected chi connectivity index (χ4v) is 0.625. The quantitative estimate of drug-likeness (QED) is 0.582. The standard InChI is InChI=1S/C3H2F2O3.C3H3FO3/c4-1-2(5)8-3(6)7-1;4-2-1-6-3(5)7-2/h1-2H;2H,1H2/t1-,2-;/m1./s1. The number of cyclic esters (lactones) is 4. The monoisotopic (exact) mass is 230 g/mol. The lowest BCUT2D eigenvalue weighted by molar-refractivity contribution is -0.0349. The van der Waals surface area contributed by atoms with E-state index in [4.69, 9.17) is 0 Å². The molecule has 2 heterocycles. The summed E-state index contributed by atoms with van der Waals surface area (Å²) in [6.07, 6.45) is -8.27. The van der Waals surface area contributed by atoms with Crippen LogP contribution in [0.2, 0.25) is 0 Å². The number of alkyl halides is 3. The number of carbonyl (C=O) groups is 2. The maximum atomic E-state index is 11.6. The number of halogens is 3. The molecule has 6 nitrogen and oxygen atoms in total. The first-order valence-electron chi connectivity index (χ1n) is 3.62. The van der Waals surface area contributed by atoms with Gasteiger partial charge < -0.3 is 18.9 Å². The van der Waals surface area contributed by atoms with Crippen LogP contribution in [0.1, 0.15) is 0 Å². The van der Waals surface area contributed by atoms with E-state index in [2.05, 4.69) is 18.9 Å². The third-order valence-electron chi connectivity index (χ3n) is 1.18. The molecular weight excluding hydrogens is 225 g/mol. The van der Waals surface area contributed by atoms with Crippen molar-refractivity contribution in [2.24, 2.45) is 0 Å². The summed E-state index contributed by atoms with van der Waals surface area (Å²) in [5.74, 6) is 0. The Morgan fingerprint density at radius 3 is 1.60 bits per heavy atom. The molecule has 2 fully saturated rings. The van der Waals surface area contributed by atoms with Gasteiger partial charge in [0.05, 0.1) is 0 Å². The highest BCUT2D eigenvalue weighted by Gasteiger charge is 2.36. The van der Waals surface area contributed by atoms with Gasteiger partial charge in [-0.2, -0.15) is 13.2 Å². The zero-order chi connectivity index (χ0) is 11.4. The number of ether oxygens (including phenoxy) is 4. The van der Waals surface area contributed by atoms with E-state index in [1.807, 2.05) is 0 Å². The largest absolute Gasteiger partial charge is 0.513 e. The second kappa shape index (κ2) is 4.71. The van der Waals surface area contributed by atoms with E-state index in [0.29, 0.717) is 0 Å². The van der Waals surface area contributed by atoms with Crippen LogP contribution in [0.3, 0.4) is 0 Å². The molecule has 1 unspecified atom stereocenters. The molecule has 86 valence electrons. The van der Waals surface area contributed by atoms with E-state index in [9.17, 15) is 22.8 Å². The average Bonchev–Trinajstić information content (AvgIpc) is 2.61. The van der Waals surface area contributed by atoms with Crippen LogP contribution in [0.15, 0.2) is 0 Å². The average molecular weight is 230 g/mol. The zero-order valence-electron chi connectivity index (χ0n) is 7.02. The van der Waals surface area contributed by atoms with Crippen molar-refractivity contribution in [3.8, 4) is 0 Å². The molecule has 0 aromatic rings. The summed E-state index contributed by atoms with van der Waals surface area (Å²) in [5.41, 5.74) is 0. The van der Waals surface area contributed by atoms with Crippen molar-refractivity contribution in [1.82, 2.24) is 0 Å². The molecule has 0 spiro atoms. The first-order valence-corrected chi connectivity index (χ1v) is 3.62. The van der Waals surface area contributed by atoms with Crippen molar-refractivity contribution >= 4 is 12.3 Å². The minimum absolute atomic E-state index is 0.265. The fraction of sp³-hybridized carbons (Fsp3) is 0.667. The highest BCUT2D eigenvalue weighted by Crippen LogP contribution is 2.16. The molecule has 3 atom stereocenters. The van der Waals surface area contributed by atoms with E-state index >= 15 is 0 Å². The fourth-order valence-electron chi connectivity index (χ4n) is 0.625. The number of rotatable bonds is 0. The third kappa shape index (κ3) is 3.52. The SMILES string of the molecule is O=C1OCC(F)O1.O=C1O[C@@H](F)[C@H](F)O1. The minimum atomic E-state index is -2.25. The van der Waals surface area contributed by atoms with Gasteiger partial charge in [0, 0.05) is 0 Å². The summed E-state index contributed by atoms with van der Waals surface area (Å²) in [4.78, 5) is 19.5. The predicted octanol–water partition coefficient (Wildman–Crippen LogP) is 1.19. The second-order valence-corrected chi connectivity index (χ2v) is 2.28. The Morgan fingerprint density at radius 1 is 0.933 bits per heavy atom. The van der Waals surface area contributed by atoms with Crippen LogP contribution in [0.5, 0.6) is 0 Å². The normalized spacial score (nSPS) is 33.1. The Morgan fingerprint density at radius 2 is 1.47 bits per heavy atom. The van der Waals surface area contributed by atoms with Crippen molar-refractivity contribution in [3.63, 3.8) is 0 Å². The van der Waals surface area contributed by atoms with Gasteiger partial charge in [0.2, 0.25) is 0 Å². The van der Waals surface area contributed by atoms with Crippen molar-refractivity contribution in [1.29, 1.82) is 0 Å². The summed E-state index contributed by atoms with van der Waals surface area (Å²) < 4.78 is 49.9. The molecule has 0 radical (unpaired) electrons. The molecule has 2 rings (SSSR count). The topological polar surface area (TPSA) is 71.1 Å². The Labute approximate surface area is 80.8 Å². The number of hydrogen-bond acceptors (Lipinski definition) is 6. The van der Waals surface area contributed by atoms with Gasteiger partial charge in [0.15, 0.2) is 6.61 Å². The van der Waals surface area contributed by atoms with Crippen molar-refractivity contribution < 1.29 is 41.7 Å². The lowest BCUT2D eigenvalue weighted by atomic mass is 10.7. The van der Waals surface area contributed by atoms with Crippen LogP contribution >= 0.6 is 0 Å². The molecule has 0 bridgehead atoms. The van der Waals surface area contributed by atoms with Gasteiger partial charge in [-0.3, -0.25) is 0 Å². The molecule has 15 heavy (non-hydrogen) atoms. The molecule has 2 aliphatic heterocycles. The van der Waals surface area contributed by atoms with Gasteiger partial charge in [-0.25, -0.2) is 9.59 Å². The minimum Gasteiger partial charge on any atom is -0.427 e. The van der Waals surface area contributed by atoms with Crippen molar-refractivity contribution in [3.05, 3.63) is 0 Å². The van der Waals surface area contributed by atoms with Gasteiger partial charge >= 0.3 is 25.0 Å². The number of carbonyl (C=O) groups excluding carboxylic acids is 2. The van der Waals surface area contributed by atoms with Crippen LogP contribution in [0.4, 0.5) is 22.8 Å². The van der Waals surface area contributed by atoms with Gasteiger partial charge in [0.25, 0.3) is 6.36 Å². The van der Waals surface area contributed by atoms with Crippen molar-refractivity contribution in [2.75, 3.05) is 6.61 Å². The molecule has 0 aromatic heterocycles. The van der Waals surface area contributed by atoms with Crippen LogP contribution in [0, 0.1) is 0 Å². The maximum Gasteiger partial charge on any atom is 0.513 e.